The third-order valence-corrected chi connectivity index (χ3v) is 18.0. The first kappa shape index (κ1) is 87.8. The molecule has 0 heterocycles. The van der Waals surface area contributed by atoms with Crippen LogP contribution < -0.4 is 0 Å². The van der Waals surface area contributed by atoms with Crippen molar-refractivity contribution >= 4 is 17.3 Å². The zero-order chi connectivity index (χ0) is 76.1. The second-order valence-corrected chi connectivity index (χ2v) is 44.6. The van der Waals surface area contributed by atoms with E-state index in [1.165, 1.54) is 22.3 Å². The molecule has 2 aromatic carbocycles. The smallest absolute Gasteiger partial charge is 0.186 e. The van der Waals surface area contributed by atoms with Gasteiger partial charge in [0.05, 0.1) is 0 Å². The number of allylic oxidation sites excluding steroid dienone is 8. The number of ketones is 3. The van der Waals surface area contributed by atoms with E-state index in [1.54, 1.807) is 0 Å². The van der Waals surface area contributed by atoms with Gasteiger partial charge in [-0.1, -0.05) is 350 Å². The van der Waals surface area contributed by atoms with E-state index in [-0.39, 0.29) is 104 Å². The quantitative estimate of drug-likeness (QED) is 0.179. The molecule has 0 radical (unpaired) electrons. The number of aromatic hydroxyl groups is 3. The Morgan fingerprint density at radius 2 is 0.351 bits per heavy atom. The Morgan fingerprint density at radius 3 is 0.479 bits per heavy atom. The van der Waals surface area contributed by atoms with Crippen LogP contribution in [0.25, 0.3) is 0 Å². The summed E-state index contributed by atoms with van der Waals surface area (Å²) < 4.78 is 0. The summed E-state index contributed by atoms with van der Waals surface area (Å²) in [5.41, 5.74) is 12.8. The number of phenolic OH excluding ortho intramolecular Hbond substituents is 3. The maximum atomic E-state index is 13.6. The zero-order valence-electron chi connectivity index (χ0n) is 70.9. The number of hydrogen-bond acceptors (Lipinski definition) is 6. The lowest BCUT2D eigenvalue weighted by atomic mass is 9.60. The van der Waals surface area contributed by atoms with Gasteiger partial charge in [0.2, 0.25) is 0 Å². The molecule has 3 N–H and O–H groups in total. The first-order valence-electron chi connectivity index (χ1n) is 35.6. The predicted molar refractivity (Wildman–Crippen MR) is 411 cm³/mol. The second kappa shape index (κ2) is 26.8. The van der Waals surface area contributed by atoms with Gasteiger partial charge in [0.25, 0.3) is 0 Å². The number of hydrogen-bond donors (Lipinski definition) is 3. The summed E-state index contributed by atoms with van der Waals surface area (Å²) in [5, 5.41) is 34.1. The third-order valence-electron chi connectivity index (χ3n) is 18.0. The highest BCUT2D eigenvalue weighted by molar-refractivity contribution is 6.27. The molecule has 2 aromatic rings. The summed E-state index contributed by atoms with van der Waals surface area (Å²) in [4.78, 5) is 40.8. The number of carbonyl (C=O) groups excluding carboxylic acids is 3. The zero-order valence-corrected chi connectivity index (χ0v) is 70.9. The van der Waals surface area contributed by atoms with Gasteiger partial charge < -0.3 is 15.3 Å². The van der Waals surface area contributed by atoms with Crippen molar-refractivity contribution in [1.29, 1.82) is 0 Å². The Bertz CT molecular complexity index is 2960. The normalized spacial score (nSPS) is 16.5. The monoisotopic (exact) mass is 1300 g/mol. The lowest BCUT2D eigenvalue weighted by molar-refractivity contribution is -0.119. The molecule has 0 spiro atoms. The van der Waals surface area contributed by atoms with Gasteiger partial charge >= 0.3 is 0 Å². The molecule has 0 aromatic heterocycles. The minimum atomic E-state index is -0.366. The van der Waals surface area contributed by atoms with Gasteiger partial charge in [0, 0.05) is 66.8 Å². The van der Waals surface area contributed by atoms with Crippen molar-refractivity contribution in [2.45, 2.75) is 382 Å². The van der Waals surface area contributed by atoms with Crippen LogP contribution in [0.4, 0.5) is 0 Å². The van der Waals surface area contributed by atoms with Crippen molar-refractivity contribution in [2.75, 3.05) is 0 Å². The van der Waals surface area contributed by atoms with E-state index < -0.39 is 0 Å². The lowest BCUT2D eigenvalue weighted by Crippen LogP contribution is -2.41. The van der Waals surface area contributed by atoms with Gasteiger partial charge in [-0.25, -0.2) is 0 Å². The Balaban J connectivity index is 0.000000627. The molecule has 0 saturated carbocycles. The molecule has 2 aliphatic carbocycles. The van der Waals surface area contributed by atoms with E-state index in [9.17, 15) is 29.7 Å². The molecule has 94 heavy (non-hydrogen) atoms. The van der Waals surface area contributed by atoms with E-state index in [0.717, 1.165) is 50.9 Å². The van der Waals surface area contributed by atoms with Crippen molar-refractivity contribution in [1.82, 2.24) is 0 Å². The van der Waals surface area contributed by atoms with Crippen molar-refractivity contribution in [2.24, 2.45) is 43.3 Å². The Hall–Kier alpha value is -4.19. The van der Waals surface area contributed by atoms with E-state index in [1.807, 2.05) is 83.1 Å². The first-order chi connectivity index (χ1) is 40.4. The Labute approximate surface area is 581 Å². The lowest BCUT2D eigenvalue weighted by Gasteiger charge is -2.43. The molecule has 0 aliphatic heterocycles. The summed E-state index contributed by atoms with van der Waals surface area (Å²) >= 11 is 0. The van der Waals surface area contributed by atoms with E-state index >= 15 is 0 Å². The van der Waals surface area contributed by atoms with Crippen LogP contribution in [0.15, 0.2) is 50.7 Å². The van der Waals surface area contributed by atoms with Crippen LogP contribution in [0.3, 0.4) is 0 Å². The third kappa shape index (κ3) is 20.5. The van der Waals surface area contributed by atoms with Gasteiger partial charge in [0.1, 0.15) is 17.2 Å². The Morgan fingerprint density at radius 1 is 0.202 bits per heavy atom. The van der Waals surface area contributed by atoms with Crippen LogP contribution >= 0.6 is 0 Å². The van der Waals surface area contributed by atoms with Crippen LogP contribution in [-0.2, 0) is 57.7 Å². The van der Waals surface area contributed by atoms with Crippen LogP contribution in [0.5, 0.6) is 17.2 Å². The topological polar surface area (TPSA) is 112 Å². The van der Waals surface area contributed by atoms with Crippen LogP contribution in [0.2, 0.25) is 0 Å². The molecule has 4 rings (SSSR count). The predicted octanol–water partition coefficient (Wildman–Crippen LogP) is 25.5. The van der Waals surface area contributed by atoms with Gasteiger partial charge in [-0.15, -0.1) is 0 Å². The molecule has 0 bridgehead atoms. The fourth-order valence-electron chi connectivity index (χ4n) is 14.2. The summed E-state index contributed by atoms with van der Waals surface area (Å²) in [6, 6.07) is 2.36. The van der Waals surface area contributed by atoms with E-state index in [0.29, 0.717) is 39.5 Å². The number of Topliss-reactive ketones (excluding diaryl/α,β-unsaturated/α-hetero) is 3. The molecule has 6 heteroatoms. The largest absolute Gasteiger partial charge is 0.507 e. The first-order valence-corrected chi connectivity index (χ1v) is 35.6. The van der Waals surface area contributed by atoms with Crippen LogP contribution in [0, 0.1) is 43.3 Å². The van der Waals surface area contributed by atoms with E-state index in [2.05, 4.69) is 255 Å². The van der Waals surface area contributed by atoms with Gasteiger partial charge in [0.15, 0.2) is 17.3 Å². The minimum Gasteiger partial charge on any atom is -0.507 e. The molecule has 0 saturated heterocycles. The molecule has 2 aliphatic rings. The highest BCUT2D eigenvalue weighted by Crippen LogP contribution is 2.57. The number of rotatable bonds is 0. The molecule has 0 atom stereocenters. The molecule has 6 nitrogen and oxygen atoms in total. The molecular formula is C88H150O6. The summed E-state index contributed by atoms with van der Waals surface area (Å²) in [5.74, 6) is 1.60. The maximum absolute atomic E-state index is 13.6. The average molecular weight is 1300 g/mol. The van der Waals surface area contributed by atoms with Crippen molar-refractivity contribution in [3.05, 3.63) is 95.2 Å². The second-order valence-electron chi connectivity index (χ2n) is 44.6. The highest BCUT2D eigenvalue weighted by atomic mass is 16.3. The molecule has 538 valence electrons. The number of benzene rings is 2. The van der Waals surface area contributed by atoms with Crippen LogP contribution in [-0.4, -0.2) is 32.7 Å². The molecule has 0 amide bonds. The Kier molecular flexibility index (Phi) is 25.1. The standard InChI is InChI=1S/C22H38O2.C22H36O2.2C22H38O/c2*1-19(2,3)13-14(20(4,5)6)18(24)16(22(10,11)12)15(17(13)23)21(7,8)9;2*1-19(2,3)14-13-15(20(4,5)6)17(22(10,11)12)18(23)16(14)21(7,8)9/h23-24H,1-12H3;1-12H3;13H2,1-12H3;13,23H,1-12H3. The van der Waals surface area contributed by atoms with Gasteiger partial charge in [-0.2, -0.15) is 0 Å². The molecule has 0 unspecified atom stereocenters. The minimum absolute atomic E-state index is 0.00346. The average Bonchev–Trinajstić information content (AvgIpc) is 0.748. The maximum Gasteiger partial charge on any atom is 0.186 e. The molecular weight excluding hydrogens is 1150 g/mol. The van der Waals surface area contributed by atoms with E-state index in [4.69, 9.17) is 0 Å². The fraction of sp³-hybridized carbons (Fsp3) is 0.739. The van der Waals surface area contributed by atoms with Gasteiger partial charge in [-0.3, -0.25) is 14.4 Å². The molecule has 0 fully saturated rings. The highest BCUT2D eigenvalue weighted by Gasteiger charge is 2.49. The van der Waals surface area contributed by atoms with Gasteiger partial charge in [-0.05, 0) is 104 Å². The number of carbonyl (C=O) groups is 3. The summed E-state index contributed by atoms with van der Waals surface area (Å²) in [7, 11) is 0. The summed E-state index contributed by atoms with van der Waals surface area (Å²) in [6.45, 7) is 103. The van der Waals surface area contributed by atoms with Crippen molar-refractivity contribution < 1.29 is 29.7 Å². The van der Waals surface area contributed by atoms with Crippen molar-refractivity contribution in [3.63, 3.8) is 0 Å². The summed E-state index contributed by atoms with van der Waals surface area (Å²) in [6.07, 6.45) is 0.929. The van der Waals surface area contributed by atoms with Crippen molar-refractivity contribution in [3.8, 4) is 17.2 Å². The number of phenols is 3. The van der Waals surface area contributed by atoms with Crippen LogP contribution in [0.1, 0.15) is 383 Å². The fourth-order valence-corrected chi connectivity index (χ4v) is 14.2. The SMILES string of the molecule is CC(C)(C)C1=C(C(C)(C)C)C(=O)C(C(C)(C)C)=C(C(C)(C)C)C1.CC(C)(C)C1=C(C(C)(C)C)C(=O)C(C(C)(C)C)=C(C(C)(C)C)C1=O.CC(C)(C)c1c(O)c(C(C)(C)C)c(C(C)(C)C)c(O)c1C(C)(C)C.CC(C)(C)c1cc(C(C)(C)C)c(C(C)(C)C)c(O)c1C(C)(C)C.